The molecule has 1 N–H and O–H groups in total. The molecular weight excluding hydrogens is 292 g/mol. The molecule has 6 heteroatoms. The maximum atomic E-state index is 12.7. The normalized spacial score (nSPS) is 23.1. The van der Waals surface area contributed by atoms with Crippen molar-refractivity contribution >= 4 is 11.6 Å². The van der Waals surface area contributed by atoms with Crippen LogP contribution in [0.25, 0.3) is 5.65 Å². The molecule has 0 radical (unpaired) electrons. The molecule has 2 aromatic heterocycles. The van der Waals surface area contributed by atoms with Crippen LogP contribution in [-0.2, 0) is 11.2 Å². The fourth-order valence-electron chi connectivity index (χ4n) is 4.05. The van der Waals surface area contributed by atoms with Gasteiger partial charge in [-0.05, 0) is 25.7 Å². The molecule has 1 atom stereocenters. The van der Waals surface area contributed by atoms with Crippen molar-refractivity contribution in [1.82, 2.24) is 19.5 Å². The summed E-state index contributed by atoms with van der Waals surface area (Å²) in [5.74, 6) is 0.698. The second-order valence-electron chi connectivity index (χ2n) is 7.61. The van der Waals surface area contributed by atoms with Gasteiger partial charge in [0.25, 0.3) is 5.56 Å². The van der Waals surface area contributed by atoms with Crippen molar-refractivity contribution in [1.29, 1.82) is 0 Å². The van der Waals surface area contributed by atoms with Gasteiger partial charge in [-0.25, -0.2) is 9.50 Å². The average molecular weight is 314 g/mol. The van der Waals surface area contributed by atoms with Crippen molar-refractivity contribution in [3.05, 3.63) is 33.9 Å². The van der Waals surface area contributed by atoms with Crippen molar-refractivity contribution in [2.45, 2.75) is 46.1 Å². The second kappa shape index (κ2) is 4.69. The lowest BCUT2D eigenvalue weighted by molar-refractivity contribution is -0.152. The molecule has 3 heterocycles. The quantitative estimate of drug-likeness (QED) is 0.934. The van der Waals surface area contributed by atoms with Gasteiger partial charge in [-0.2, -0.15) is 0 Å². The number of fused-ring (bicyclic) bond motifs is 1. The number of amides is 1. The monoisotopic (exact) mass is 314 g/mol. The summed E-state index contributed by atoms with van der Waals surface area (Å²) in [5.41, 5.74) is 1.75. The van der Waals surface area contributed by atoms with E-state index in [9.17, 15) is 9.59 Å². The highest BCUT2D eigenvalue weighted by molar-refractivity contribution is 5.80. The standard InChI is InChI=1S/C17H22N4O2/c1-10-12(16(23)21-13(19-10)6-7-18-21)8-14(22)20-9-17(2,3)15(20)11-4-5-11/h6-7,11,15,18H,4-5,8-9H2,1-3H3. The second-order valence-corrected chi connectivity index (χ2v) is 7.61. The molecule has 1 saturated carbocycles. The van der Waals surface area contributed by atoms with Gasteiger partial charge >= 0.3 is 0 Å². The van der Waals surface area contributed by atoms with Gasteiger partial charge in [0, 0.05) is 41.5 Å². The first-order chi connectivity index (χ1) is 10.9. The Morgan fingerprint density at radius 3 is 2.83 bits per heavy atom. The topological polar surface area (TPSA) is 70.5 Å². The minimum Gasteiger partial charge on any atom is -0.338 e. The van der Waals surface area contributed by atoms with E-state index in [1.54, 1.807) is 19.2 Å². The SMILES string of the molecule is Cc1nc2cc[nH]n2c(=O)c1CC(=O)N1CC(C)(C)C1C1CC1. The molecule has 1 aliphatic carbocycles. The van der Waals surface area contributed by atoms with Crippen molar-refractivity contribution in [3.63, 3.8) is 0 Å². The first kappa shape index (κ1) is 14.5. The predicted molar refractivity (Wildman–Crippen MR) is 86.3 cm³/mol. The number of hydrogen-bond donors (Lipinski definition) is 1. The van der Waals surface area contributed by atoms with Crippen LogP contribution in [0.5, 0.6) is 0 Å². The Morgan fingerprint density at radius 1 is 1.43 bits per heavy atom. The number of likely N-dealkylation sites (tertiary alicyclic amines) is 1. The van der Waals surface area contributed by atoms with E-state index in [2.05, 4.69) is 23.9 Å². The van der Waals surface area contributed by atoms with E-state index in [-0.39, 0.29) is 23.3 Å². The molecule has 1 saturated heterocycles. The molecule has 6 nitrogen and oxygen atoms in total. The molecule has 1 unspecified atom stereocenters. The molecule has 2 fully saturated rings. The summed E-state index contributed by atoms with van der Waals surface area (Å²) in [6.07, 6.45) is 4.25. The Hall–Kier alpha value is -2.11. The molecule has 0 bridgehead atoms. The Labute approximate surface area is 134 Å². The lowest BCUT2D eigenvalue weighted by atomic mass is 9.72. The minimum atomic E-state index is -0.173. The molecular formula is C17H22N4O2. The number of carbonyl (C=O) groups excluding carboxylic acids is 1. The minimum absolute atomic E-state index is 0.0507. The molecule has 2 aliphatic rings. The smallest absolute Gasteiger partial charge is 0.276 e. The summed E-state index contributed by atoms with van der Waals surface area (Å²) in [4.78, 5) is 31.7. The number of rotatable bonds is 3. The third kappa shape index (κ3) is 2.19. The number of hydrogen-bond acceptors (Lipinski definition) is 3. The van der Waals surface area contributed by atoms with Crippen LogP contribution in [0.4, 0.5) is 0 Å². The molecule has 0 spiro atoms. The van der Waals surface area contributed by atoms with Gasteiger partial charge in [-0.1, -0.05) is 13.8 Å². The molecule has 122 valence electrons. The van der Waals surface area contributed by atoms with Crippen LogP contribution in [0, 0.1) is 18.3 Å². The fourth-order valence-corrected chi connectivity index (χ4v) is 4.05. The number of aryl methyl sites for hydroxylation is 1. The Kier molecular flexibility index (Phi) is 2.95. The largest absolute Gasteiger partial charge is 0.338 e. The molecule has 23 heavy (non-hydrogen) atoms. The third-order valence-electron chi connectivity index (χ3n) is 5.28. The zero-order chi connectivity index (χ0) is 16.4. The summed E-state index contributed by atoms with van der Waals surface area (Å²) in [5, 5.41) is 2.85. The molecule has 1 aliphatic heterocycles. The maximum Gasteiger partial charge on any atom is 0.276 e. The van der Waals surface area contributed by atoms with Crippen LogP contribution < -0.4 is 5.56 Å². The van der Waals surface area contributed by atoms with Gasteiger partial charge in [0.15, 0.2) is 5.65 Å². The summed E-state index contributed by atoms with van der Waals surface area (Å²) >= 11 is 0. The molecule has 1 amide bonds. The van der Waals surface area contributed by atoms with Gasteiger partial charge in [-0.3, -0.25) is 14.7 Å². The number of nitrogens with one attached hydrogen (secondary N) is 1. The highest BCUT2D eigenvalue weighted by Gasteiger charge is 2.54. The summed E-state index contributed by atoms with van der Waals surface area (Å²) < 4.78 is 1.40. The van der Waals surface area contributed by atoms with Crippen LogP contribution in [0.3, 0.4) is 0 Å². The predicted octanol–water partition coefficient (Wildman–Crippen LogP) is 1.52. The van der Waals surface area contributed by atoms with Gasteiger partial charge < -0.3 is 4.90 Å². The summed E-state index contributed by atoms with van der Waals surface area (Å²) in [6, 6.07) is 2.08. The van der Waals surface area contributed by atoms with Crippen molar-refractivity contribution < 1.29 is 4.79 Å². The number of H-pyrrole nitrogens is 1. The maximum absolute atomic E-state index is 12.7. The van der Waals surface area contributed by atoms with Crippen molar-refractivity contribution in [2.75, 3.05) is 6.54 Å². The Balaban J connectivity index is 1.61. The highest BCUT2D eigenvalue weighted by atomic mass is 16.2. The average Bonchev–Trinajstić information content (AvgIpc) is 3.16. The number of carbonyl (C=O) groups is 1. The Morgan fingerprint density at radius 2 is 2.17 bits per heavy atom. The van der Waals surface area contributed by atoms with Crippen LogP contribution in [0.1, 0.15) is 37.9 Å². The lowest BCUT2D eigenvalue weighted by Crippen LogP contribution is -2.65. The van der Waals surface area contributed by atoms with Gasteiger partial charge in [0.2, 0.25) is 5.91 Å². The van der Waals surface area contributed by atoms with Gasteiger partial charge in [-0.15, -0.1) is 0 Å². The van der Waals surface area contributed by atoms with E-state index < -0.39 is 0 Å². The fraction of sp³-hybridized carbons (Fsp3) is 0.588. The zero-order valence-electron chi connectivity index (χ0n) is 13.8. The van der Waals surface area contributed by atoms with E-state index in [0.29, 0.717) is 28.9 Å². The zero-order valence-corrected chi connectivity index (χ0v) is 13.8. The van der Waals surface area contributed by atoms with Gasteiger partial charge in [0.05, 0.1) is 6.42 Å². The van der Waals surface area contributed by atoms with Crippen LogP contribution in [-0.4, -0.2) is 38.0 Å². The highest BCUT2D eigenvalue weighted by Crippen LogP contribution is 2.50. The first-order valence-corrected chi connectivity index (χ1v) is 8.23. The number of nitrogens with zero attached hydrogens (tertiary/aromatic N) is 3. The number of aromatic nitrogens is 3. The summed E-state index contributed by atoms with van der Waals surface area (Å²) in [6.45, 7) is 7.04. The molecule has 4 rings (SSSR count). The first-order valence-electron chi connectivity index (χ1n) is 8.23. The number of aromatic amines is 1. The van der Waals surface area contributed by atoms with Crippen molar-refractivity contribution in [3.8, 4) is 0 Å². The van der Waals surface area contributed by atoms with Crippen molar-refractivity contribution in [2.24, 2.45) is 11.3 Å². The van der Waals surface area contributed by atoms with E-state index in [0.717, 1.165) is 6.54 Å². The van der Waals surface area contributed by atoms with Crippen LogP contribution >= 0.6 is 0 Å². The summed E-state index contributed by atoms with van der Waals surface area (Å²) in [7, 11) is 0. The van der Waals surface area contributed by atoms with E-state index >= 15 is 0 Å². The van der Waals surface area contributed by atoms with E-state index in [4.69, 9.17) is 0 Å². The van der Waals surface area contributed by atoms with E-state index in [1.165, 1.54) is 17.4 Å². The Bertz CT molecular complexity index is 844. The van der Waals surface area contributed by atoms with E-state index in [1.807, 2.05) is 4.90 Å². The van der Waals surface area contributed by atoms with Crippen LogP contribution in [0.15, 0.2) is 17.1 Å². The lowest BCUT2D eigenvalue weighted by Gasteiger charge is -2.55. The van der Waals surface area contributed by atoms with Gasteiger partial charge in [0.1, 0.15) is 0 Å². The molecule has 0 aromatic carbocycles. The third-order valence-corrected chi connectivity index (χ3v) is 5.28. The molecule has 2 aromatic rings. The van der Waals surface area contributed by atoms with Crippen LogP contribution in [0.2, 0.25) is 0 Å².